The molecule has 1 aliphatic heterocycles. The van der Waals surface area contributed by atoms with Gasteiger partial charge in [0.05, 0.1) is 31.5 Å². The Hall–Kier alpha value is -3.69. The average molecular weight is 458 g/mol. The molecule has 3 rings (SSSR count). The number of cyclic esters (lactones) is 1. The molecule has 33 heavy (non-hydrogen) atoms. The summed E-state index contributed by atoms with van der Waals surface area (Å²) in [6, 6.07) is 10.9. The first-order valence-electron chi connectivity index (χ1n) is 10.3. The zero-order chi connectivity index (χ0) is 23.8. The van der Waals surface area contributed by atoms with Crippen LogP contribution in [0.25, 0.3) is 21.6 Å². The molecule has 2 atom stereocenters. The molecule has 2 unspecified atom stereocenters. The van der Waals surface area contributed by atoms with E-state index in [1.54, 1.807) is 24.3 Å². The highest BCUT2D eigenvalue weighted by molar-refractivity contribution is 5.90. The maximum Gasteiger partial charge on any atom is 0.414 e. The number of anilines is 1. The van der Waals surface area contributed by atoms with Gasteiger partial charge in [-0.15, -0.1) is 0 Å². The van der Waals surface area contributed by atoms with Gasteiger partial charge >= 0.3 is 6.09 Å². The van der Waals surface area contributed by atoms with Crippen molar-refractivity contribution in [3.05, 3.63) is 64.3 Å². The van der Waals surface area contributed by atoms with Gasteiger partial charge < -0.3 is 15.4 Å². The zero-order valence-corrected chi connectivity index (χ0v) is 18.0. The van der Waals surface area contributed by atoms with E-state index >= 15 is 0 Å². The van der Waals surface area contributed by atoms with Crippen LogP contribution in [0.1, 0.15) is 12.5 Å². The molecule has 174 valence electrons. The molecule has 1 fully saturated rings. The molecular formula is C22H24F2N6O3. The number of alkyl halides is 1. The number of halogens is 2. The molecule has 9 nitrogen and oxygen atoms in total. The van der Waals surface area contributed by atoms with Gasteiger partial charge in [-0.2, -0.15) is 0 Å². The van der Waals surface area contributed by atoms with Gasteiger partial charge in [-0.3, -0.25) is 14.1 Å². The van der Waals surface area contributed by atoms with E-state index in [0.717, 1.165) is 5.56 Å². The first-order chi connectivity index (χ1) is 15.9. The standard InChI is InChI=1S/C22H24F2N6O3/c1-14(31)27-12-19-13-30(22(32)33-19)18-6-7-20(21(24)8-18)16-4-2-15(3-5-16)10-26-11-17(9-23)28-29-25/h2-8,17,19,26H,9-13H2,1H3,(H,27,31). The number of nitrogens with one attached hydrogen (secondary N) is 2. The van der Waals surface area contributed by atoms with Gasteiger partial charge in [0.25, 0.3) is 0 Å². The van der Waals surface area contributed by atoms with E-state index in [2.05, 4.69) is 20.7 Å². The predicted octanol–water partition coefficient (Wildman–Crippen LogP) is 3.69. The molecule has 0 spiro atoms. The van der Waals surface area contributed by atoms with Crippen LogP contribution in [-0.4, -0.2) is 50.5 Å². The monoisotopic (exact) mass is 458 g/mol. The zero-order valence-electron chi connectivity index (χ0n) is 18.0. The van der Waals surface area contributed by atoms with Crippen molar-refractivity contribution in [3.63, 3.8) is 0 Å². The van der Waals surface area contributed by atoms with Crippen molar-refractivity contribution in [2.24, 2.45) is 5.11 Å². The highest BCUT2D eigenvalue weighted by Crippen LogP contribution is 2.29. The molecule has 11 heteroatoms. The molecule has 2 N–H and O–H groups in total. The van der Waals surface area contributed by atoms with Gasteiger partial charge in [-0.1, -0.05) is 29.4 Å². The van der Waals surface area contributed by atoms with Crippen LogP contribution in [0.5, 0.6) is 0 Å². The third kappa shape index (κ3) is 6.41. The van der Waals surface area contributed by atoms with Crippen LogP contribution in [0.3, 0.4) is 0 Å². The molecule has 1 saturated heterocycles. The van der Waals surface area contributed by atoms with E-state index in [4.69, 9.17) is 10.3 Å². The Labute approximate surface area is 189 Å². The van der Waals surface area contributed by atoms with Crippen molar-refractivity contribution >= 4 is 17.7 Å². The molecule has 0 aliphatic carbocycles. The number of carbonyl (C=O) groups excluding carboxylic acids is 2. The van der Waals surface area contributed by atoms with Crippen molar-refractivity contribution in [2.45, 2.75) is 25.6 Å². The minimum absolute atomic E-state index is 0.194. The van der Waals surface area contributed by atoms with Gasteiger partial charge in [-0.25, -0.2) is 9.18 Å². The summed E-state index contributed by atoms with van der Waals surface area (Å²) in [5, 5.41) is 8.96. The maximum atomic E-state index is 14.8. The number of hydrogen-bond acceptors (Lipinski definition) is 5. The minimum Gasteiger partial charge on any atom is -0.442 e. The molecule has 1 aliphatic rings. The lowest BCUT2D eigenvalue weighted by atomic mass is 10.0. The number of carbonyl (C=O) groups is 2. The van der Waals surface area contributed by atoms with Crippen molar-refractivity contribution in [2.75, 3.05) is 31.2 Å². The minimum atomic E-state index is -0.754. The highest BCUT2D eigenvalue weighted by Gasteiger charge is 2.32. The Morgan fingerprint density at radius 3 is 2.73 bits per heavy atom. The highest BCUT2D eigenvalue weighted by atomic mass is 19.1. The number of ether oxygens (including phenoxy) is 1. The molecule has 0 saturated carbocycles. The molecule has 2 aromatic rings. The van der Waals surface area contributed by atoms with Crippen LogP contribution in [0.15, 0.2) is 47.6 Å². The smallest absolute Gasteiger partial charge is 0.414 e. The number of nitrogens with zero attached hydrogens (tertiary/aromatic N) is 4. The molecule has 0 radical (unpaired) electrons. The van der Waals surface area contributed by atoms with E-state index in [9.17, 15) is 18.4 Å². The van der Waals surface area contributed by atoms with E-state index in [0.29, 0.717) is 23.4 Å². The van der Waals surface area contributed by atoms with Gasteiger partial charge in [0.1, 0.15) is 11.9 Å². The molecule has 0 bridgehead atoms. The van der Waals surface area contributed by atoms with E-state index in [1.807, 2.05) is 12.1 Å². The van der Waals surface area contributed by atoms with Crippen molar-refractivity contribution in [1.82, 2.24) is 10.6 Å². The van der Waals surface area contributed by atoms with Crippen molar-refractivity contribution in [3.8, 4) is 11.1 Å². The predicted molar refractivity (Wildman–Crippen MR) is 119 cm³/mol. The molecule has 1 heterocycles. The van der Waals surface area contributed by atoms with E-state index < -0.39 is 30.7 Å². The van der Waals surface area contributed by atoms with Crippen LogP contribution < -0.4 is 15.5 Å². The first kappa shape index (κ1) is 24.0. The number of amides is 2. The SMILES string of the molecule is CC(=O)NCC1CN(c2ccc(-c3ccc(CNCC(CF)N=[N+]=[N-])cc3)c(F)c2)C(=O)O1. The second-order valence-electron chi connectivity index (χ2n) is 7.56. The Morgan fingerprint density at radius 1 is 1.33 bits per heavy atom. The van der Waals surface area contributed by atoms with Gasteiger partial charge in [0.15, 0.2) is 0 Å². The number of rotatable bonds is 10. The van der Waals surface area contributed by atoms with Crippen LogP contribution in [0.2, 0.25) is 0 Å². The summed E-state index contributed by atoms with van der Waals surface area (Å²) in [6.07, 6.45) is -1.10. The molecule has 0 aromatic heterocycles. The summed E-state index contributed by atoms with van der Waals surface area (Å²) in [4.78, 5) is 27.1. The third-order valence-electron chi connectivity index (χ3n) is 5.08. The Morgan fingerprint density at radius 2 is 2.09 bits per heavy atom. The average Bonchev–Trinajstić information content (AvgIpc) is 3.18. The summed E-state index contributed by atoms with van der Waals surface area (Å²) in [5.41, 5.74) is 10.7. The van der Waals surface area contributed by atoms with Crippen LogP contribution in [-0.2, 0) is 16.1 Å². The lowest BCUT2D eigenvalue weighted by Gasteiger charge is -2.15. The maximum absolute atomic E-state index is 14.8. The Balaban J connectivity index is 1.62. The van der Waals surface area contributed by atoms with Gasteiger partial charge in [0, 0.05) is 30.5 Å². The number of benzene rings is 2. The summed E-state index contributed by atoms with van der Waals surface area (Å²) in [6.45, 7) is 1.69. The van der Waals surface area contributed by atoms with E-state index in [1.165, 1.54) is 17.9 Å². The van der Waals surface area contributed by atoms with Crippen molar-refractivity contribution in [1.29, 1.82) is 0 Å². The van der Waals surface area contributed by atoms with Crippen molar-refractivity contribution < 1.29 is 23.1 Å². The van der Waals surface area contributed by atoms with Gasteiger partial charge in [-0.05, 0) is 34.9 Å². The second-order valence-corrected chi connectivity index (χ2v) is 7.56. The summed E-state index contributed by atoms with van der Waals surface area (Å²) >= 11 is 0. The molecule has 2 amide bonds. The Bertz CT molecular complexity index is 1040. The third-order valence-corrected chi connectivity index (χ3v) is 5.08. The lowest BCUT2D eigenvalue weighted by molar-refractivity contribution is -0.119. The fraction of sp³-hybridized carbons (Fsp3) is 0.364. The van der Waals surface area contributed by atoms with Crippen LogP contribution in [0.4, 0.5) is 19.3 Å². The van der Waals surface area contributed by atoms with Gasteiger partial charge in [0.2, 0.25) is 5.91 Å². The molecule has 2 aromatic carbocycles. The quantitative estimate of drug-likeness (QED) is 0.321. The first-order valence-corrected chi connectivity index (χ1v) is 10.3. The largest absolute Gasteiger partial charge is 0.442 e. The fourth-order valence-electron chi connectivity index (χ4n) is 3.39. The summed E-state index contributed by atoms with van der Waals surface area (Å²) < 4.78 is 32.8. The number of azide groups is 1. The summed E-state index contributed by atoms with van der Waals surface area (Å²) in [5.74, 6) is -0.713. The van der Waals surface area contributed by atoms with E-state index in [-0.39, 0.29) is 25.5 Å². The summed E-state index contributed by atoms with van der Waals surface area (Å²) in [7, 11) is 0. The number of hydrogen-bond donors (Lipinski definition) is 2. The Kier molecular flexibility index (Phi) is 8.17. The van der Waals surface area contributed by atoms with Crippen LogP contribution >= 0.6 is 0 Å². The molecular weight excluding hydrogens is 434 g/mol. The topological polar surface area (TPSA) is 119 Å². The second kappa shape index (κ2) is 11.3. The van der Waals surface area contributed by atoms with Crippen LogP contribution in [0, 0.1) is 5.82 Å². The normalized spacial score (nSPS) is 16.2. The lowest BCUT2D eigenvalue weighted by Crippen LogP contribution is -2.33. The fourth-order valence-corrected chi connectivity index (χ4v) is 3.39.